The monoisotopic (exact) mass is 464 g/mol. The highest BCUT2D eigenvalue weighted by molar-refractivity contribution is 6.74. The van der Waals surface area contributed by atoms with E-state index in [0.29, 0.717) is 29.4 Å². The summed E-state index contributed by atoms with van der Waals surface area (Å²) in [5.74, 6) is 0.448. The van der Waals surface area contributed by atoms with Gasteiger partial charge in [-0.1, -0.05) is 26.8 Å². The fourth-order valence-corrected chi connectivity index (χ4v) is 4.75. The Bertz CT molecular complexity index is 1140. The number of hydrogen-bond donors (Lipinski definition) is 0. The quantitative estimate of drug-likeness (QED) is 0.602. The maximum Gasteiger partial charge on any atom is 0.298 e. The molecule has 1 aromatic carbocycles. The molecule has 4 rings (SSSR count). The zero-order valence-electron chi connectivity index (χ0n) is 20.1. The molecule has 0 unspecified atom stereocenters. The molecule has 2 aromatic rings. The standard InChI is InChI=1S/C25H32N4O3Si/c1-24(2,3)33(4,5)32-12-6-7-20-14-29(21-10-8-19(13-26)9-11-21)23(30)22(27-20)28-15-25(16-28)17-31-18-25/h6-11,14H,12,15-18H2,1-5H3. The Balaban J connectivity index is 1.61. The highest BCUT2D eigenvalue weighted by atomic mass is 28.4. The minimum Gasteiger partial charge on any atom is -0.413 e. The van der Waals surface area contributed by atoms with Crippen LogP contribution in [0.3, 0.4) is 0 Å². The van der Waals surface area contributed by atoms with Gasteiger partial charge in [-0.25, -0.2) is 4.98 Å². The van der Waals surface area contributed by atoms with Gasteiger partial charge < -0.3 is 14.1 Å². The van der Waals surface area contributed by atoms with E-state index in [9.17, 15) is 4.79 Å². The summed E-state index contributed by atoms with van der Waals surface area (Å²) in [5.41, 5.74) is 1.97. The topological polar surface area (TPSA) is 80.4 Å². The molecule has 33 heavy (non-hydrogen) atoms. The molecule has 0 N–H and O–H groups in total. The predicted molar refractivity (Wildman–Crippen MR) is 132 cm³/mol. The van der Waals surface area contributed by atoms with Crippen LogP contribution in [0.2, 0.25) is 18.1 Å². The summed E-state index contributed by atoms with van der Waals surface area (Å²) in [4.78, 5) is 20.0. The van der Waals surface area contributed by atoms with E-state index >= 15 is 0 Å². The fraction of sp³-hybridized carbons (Fsp3) is 0.480. The van der Waals surface area contributed by atoms with E-state index < -0.39 is 8.32 Å². The molecule has 0 atom stereocenters. The van der Waals surface area contributed by atoms with Crippen molar-refractivity contribution in [2.75, 3.05) is 37.8 Å². The molecule has 2 fully saturated rings. The Hall–Kier alpha value is -2.73. The van der Waals surface area contributed by atoms with Gasteiger partial charge in [-0.15, -0.1) is 0 Å². The first-order valence-corrected chi connectivity index (χ1v) is 14.2. The molecule has 8 heteroatoms. The van der Waals surface area contributed by atoms with Crippen LogP contribution in [-0.4, -0.2) is 50.8 Å². The first kappa shape index (κ1) is 23.4. The molecule has 2 aliphatic rings. The van der Waals surface area contributed by atoms with Crippen LogP contribution in [0.4, 0.5) is 5.82 Å². The average Bonchev–Trinajstić information content (AvgIpc) is 2.70. The van der Waals surface area contributed by atoms with Crippen molar-refractivity contribution in [3.63, 3.8) is 0 Å². The van der Waals surface area contributed by atoms with Crippen LogP contribution in [0.1, 0.15) is 32.0 Å². The normalized spacial score (nSPS) is 17.6. The molecule has 0 amide bonds. The first-order valence-electron chi connectivity index (χ1n) is 11.3. The second-order valence-corrected chi connectivity index (χ2v) is 15.5. The molecular formula is C25H32N4O3Si. The molecule has 0 aliphatic carbocycles. The van der Waals surface area contributed by atoms with Crippen molar-refractivity contribution in [1.82, 2.24) is 9.55 Å². The van der Waals surface area contributed by atoms with E-state index in [1.54, 1.807) is 35.0 Å². The molecule has 1 aromatic heterocycles. The molecule has 3 heterocycles. The Morgan fingerprint density at radius 1 is 1.24 bits per heavy atom. The SMILES string of the molecule is CC(C)(C)[Si](C)(C)OCC=Cc1cn(-c2ccc(C#N)cc2)c(=O)c(N2CC3(COC3)C2)n1. The molecule has 0 saturated carbocycles. The summed E-state index contributed by atoms with van der Waals surface area (Å²) in [7, 11) is -1.84. The highest BCUT2D eigenvalue weighted by Gasteiger charge is 2.50. The Morgan fingerprint density at radius 2 is 1.91 bits per heavy atom. The van der Waals surface area contributed by atoms with Gasteiger partial charge >= 0.3 is 0 Å². The van der Waals surface area contributed by atoms with Crippen LogP contribution in [0, 0.1) is 16.7 Å². The fourth-order valence-electron chi connectivity index (χ4n) is 3.80. The molecule has 2 aliphatic heterocycles. The number of nitriles is 1. The maximum absolute atomic E-state index is 13.3. The van der Waals surface area contributed by atoms with Gasteiger partial charge in [0.2, 0.25) is 0 Å². The van der Waals surface area contributed by atoms with Crippen LogP contribution in [0.15, 0.2) is 41.3 Å². The van der Waals surface area contributed by atoms with E-state index in [1.807, 2.05) is 17.1 Å². The summed E-state index contributed by atoms with van der Waals surface area (Å²) in [6, 6.07) is 9.12. The molecule has 0 radical (unpaired) electrons. The van der Waals surface area contributed by atoms with Gasteiger partial charge in [-0.3, -0.25) is 9.36 Å². The smallest absolute Gasteiger partial charge is 0.298 e. The van der Waals surface area contributed by atoms with Crippen molar-refractivity contribution >= 4 is 20.2 Å². The van der Waals surface area contributed by atoms with Gasteiger partial charge in [-0.2, -0.15) is 5.26 Å². The summed E-state index contributed by atoms with van der Waals surface area (Å²) in [6.45, 7) is 14.7. The van der Waals surface area contributed by atoms with E-state index in [2.05, 4.69) is 44.9 Å². The number of aromatic nitrogens is 2. The van der Waals surface area contributed by atoms with Crippen molar-refractivity contribution in [3.8, 4) is 11.8 Å². The molecule has 174 valence electrons. The van der Waals surface area contributed by atoms with Gasteiger partial charge in [0, 0.05) is 25.0 Å². The Morgan fingerprint density at radius 3 is 2.45 bits per heavy atom. The lowest BCUT2D eigenvalue weighted by molar-refractivity contribution is -0.127. The van der Waals surface area contributed by atoms with Crippen LogP contribution in [-0.2, 0) is 9.16 Å². The zero-order valence-corrected chi connectivity index (χ0v) is 21.1. The Kier molecular flexibility index (Phi) is 6.08. The highest BCUT2D eigenvalue weighted by Crippen LogP contribution is 2.39. The third kappa shape index (κ3) is 4.67. The summed E-state index contributed by atoms with van der Waals surface area (Å²) < 4.78 is 13.2. The van der Waals surface area contributed by atoms with Crippen molar-refractivity contribution < 1.29 is 9.16 Å². The number of hydrogen-bond acceptors (Lipinski definition) is 6. The maximum atomic E-state index is 13.3. The second-order valence-electron chi connectivity index (χ2n) is 10.6. The van der Waals surface area contributed by atoms with Crippen LogP contribution < -0.4 is 10.5 Å². The van der Waals surface area contributed by atoms with E-state index in [1.165, 1.54) is 0 Å². The van der Waals surface area contributed by atoms with Gasteiger partial charge in [-0.05, 0) is 48.5 Å². The average molecular weight is 465 g/mol. The number of nitrogens with zero attached hydrogens (tertiary/aromatic N) is 4. The van der Waals surface area contributed by atoms with E-state index in [-0.39, 0.29) is 16.0 Å². The lowest BCUT2D eigenvalue weighted by Gasteiger charge is -2.55. The summed E-state index contributed by atoms with van der Waals surface area (Å²) in [6.07, 6.45) is 5.63. The lowest BCUT2D eigenvalue weighted by Crippen LogP contribution is -2.67. The minimum absolute atomic E-state index is 0.147. The van der Waals surface area contributed by atoms with Gasteiger partial charge in [0.1, 0.15) is 0 Å². The van der Waals surface area contributed by atoms with E-state index in [4.69, 9.17) is 14.4 Å². The second kappa shape index (κ2) is 8.56. The summed E-state index contributed by atoms with van der Waals surface area (Å²) >= 11 is 0. The van der Waals surface area contributed by atoms with Gasteiger partial charge in [0.05, 0.1) is 42.6 Å². The van der Waals surface area contributed by atoms with Crippen LogP contribution in [0.5, 0.6) is 0 Å². The van der Waals surface area contributed by atoms with Crippen molar-refractivity contribution in [2.45, 2.75) is 38.9 Å². The third-order valence-electron chi connectivity index (χ3n) is 6.98. The van der Waals surface area contributed by atoms with Gasteiger partial charge in [0.15, 0.2) is 14.1 Å². The van der Waals surface area contributed by atoms with Gasteiger partial charge in [0.25, 0.3) is 5.56 Å². The van der Waals surface area contributed by atoms with E-state index in [0.717, 1.165) is 26.3 Å². The summed E-state index contributed by atoms with van der Waals surface area (Å²) in [5, 5.41) is 9.24. The number of ether oxygens (including phenoxy) is 1. The number of anilines is 1. The number of rotatable bonds is 6. The zero-order chi connectivity index (χ0) is 23.9. The van der Waals surface area contributed by atoms with Crippen molar-refractivity contribution in [3.05, 3.63) is 58.1 Å². The van der Waals surface area contributed by atoms with Crippen molar-refractivity contribution in [2.24, 2.45) is 5.41 Å². The first-order chi connectivity index (χ1) is 15.5. The van der Waals surface area contributed by atoms with Crippen LogP contribution in [0.25, 0.3) is 11.8 Å². The van der Waals surface area contributed by atoms with Crippen LogP contribution >= 0.6 is 0 Å². The number of benzene rings is 1. The third-order valence-corrected chi connectivity index (χ3v) is 11.5. The molecule has 1 spiro atoms. The largest absolute Gasteiger partial charge is 0.413 e. The lowest BCUT2D eigenvalue weighted by atomic mass is 9.78. The molecule has 2 saturated heterocycles. The van der Waals surface area contributed by atoms with Crippen molar-refractivity contribution in [1.29, 1.82) is 5.26 Å². The minimum atomic E-state index is -1.84. The molecular weight excluding hydrogens is 432 g/mol. The predicted octanol–water partition coefficient (Wildman–Crippen LogP) is 3.98. The molecule has 7 nitrogen and oxygen atoms in total. The molecule has 0 bridgehead atoms. The Labute approximate surface area is 196 Å².